The van der Waals surface area contributed by atoms with Crippen molar-refractivity contribution in [1.82, 2.24) is 9.88 Å². The van der Waals surface area contributed by atoms with E-state index in [0.717, 1.165) is 37.1 Å². The molecule has 2 aliphatic rings. The molecule has 11 heteroatoms. The number of nitrogens with zero attached hydrogens (tertiary/aromatic N) is 3. The molecular weight excluding hydrogens is 574 g/mol. The third-order valence-corrected chi connectivity index (χ3v) is 10.1. The molecule has 0 spiro atoms. The second-order valence-electron chi connectivity index (χ2n) is 12.0. The van der Waals surface area contributed by atoms with Gasteiger partial charge in [0.25, 0.3) is 5.91 Å². The van der Waals surface area contributed by atoms with Crippen LogP contribution in [0.2, 0.25) is 0 Å². The number of aromatic nitrogens is 1. The number of hydrogen-bond donors (Lipinski definition) is 1. The SMILES string of the molecule is COc1cc2c(cc1OCCCCCC(C)(C)C)N(C(=O)OCC(C)SSc1ccccn1)C(O)[C@@H]1CCCN1C2=O. The van der Waals surface area contributed by atoms with Crippen LogP contribution in [0.15, 0.2) is 41.6 Å². The summed E-state index contributed by atoms with van der Waals surface area (Å²) in [5.74, 6) is 0.584. The number of pyridine rings is 1. The molecular formula is C31H43N3O6S2. The molecule has 1 aromatic carbocycles. The lowest BCUT2D eigenvalue weighted by Crippen LogP contribution is -2.51. The van der Waals surface area contributed by atoms with Crippen LogP contribution in [-0.4, -0.2) is 71.4 Å². The summed E-state index contributed by atoms with van der Waals surface area (Å²) in [5.41, 5.74) is 0.839. The summed E-state index contributed by atoms with van der Waals surface area (Å²) < 4.78 is 17.4. The van der Waals surface area contributed by atoms with E-state index < -0.39 is 18.4 Å². The van der Waals surface area contributed by atoms with E-state index in [1.54, 1.807) is 34.0 Å². The summed E-state index contributed by atoms with van der Waals surface area (Å²) in [7, 11) is 4.58. The zero-order valence-corrected chi connectivity index (χ0v) is 26.8. The molecule has 0 saturated carbocycles. The van der Waals surface area contributed by atoms with Gasteiger partial charge in [-0.05, 0) is 67.0 Å². The normalized spacial score (nSPS) is 19.1. The Morgan fingerprint density at radius 3 is 2.71 bits per heavy atom. The van der Waals surface area contributed by atoms with Crippen molar-refractivity contribution in [3.8, 4) is 11.5 Å². The molecule has 1 N–H and O–H groups in total. The van der Waals surface area contributed by atoms with Crippen LogP contribution in [0.1, 0.15) is 76.6 Å². The van der Waals surface area contributed by atoms with Gasteiger partial charge in [0, 0.05) is 24.1 Å². The first kappa shape index (κ1) is 32.3. The van der Waals surface area contributed by atoms with Gasteiger partial charge in [-0.15, -0.1) is 0 Å². The monoisotopic (exact) mass is 617 g/mol. The number of aliphatic hydroxyl groups is 1. The number of rotatable bonds is 12. The van der Waals surface area contributed by atoms with Gasteiger partial charge in [-0.3, -0.25) is 4.79 Å². The average Bonchev–Trinajstić information content (AvgIpc) is 3.44. The Balaban J connectivity index is 1.50. The average molecular weight is 618 g/mol. The molecule has 230 valence electrons. The van der Waals surface area contributed by atoms with Crippen LogP contribution in [-0.2, 0) is 4.74 Å². The number of hydrogen-bond acceptors (Lipinski definition) is 9. The van der Waals surface area contributed by atoms with Crippen LogP contribution in [0.25, 0.3) is 0 Å². The highest BCUT2D eigenvalue weighted by Crippen LogP contribution is 2.41. The number of methoxy groups -OCH3 is 1. The Kier molecular flexibility index (Phi) is 11.3. The van der Waals surface area contributed by atoms with Crippen LogP contribution in [0.3, 0.4) is 0 Å². The van der Waals surface area contributed by atoms with Gasteiger partial charge in [-0.25, -0.2) is 14.7 Å². The van der Waals surface area contributed by atoms with Gasteiger partial charge in [-0.1, -0.05) is 50.5 Å². The van der Waals surface area contributed by atoms with Crippen LogP contribution in [0, 0.1) is 5.41 Å². The number of amides is 2. The van der Waals surface area contributed by atoms with Crippen molar-refractivity contribution in [2.75, 3.05) is 31.8 Å². The molecule has 3 heterocycles. The molecule has 2 unspecified atom stereocenters. The lowest BCUT2D eigenvalue weighted by atomic mass is 9.89. The summed E-state index contributed by atoms with van der Waals surface area (Å²) in [5, 5.41) is 12.3. The highest BCUT2D eigenvalue weighted by molar-refractivity contribution is 8.76. The fourth-order valence-electron chi connectivity index (χ4n) is 5.15. The van der Waals surface area contributed by atoms with Gasteiger partial charge < -0.3 is 24.2 Å². The highest BCUT2D eigenvalue weighted by atomic mass is 33.1. The van der Waals surface area contributed by atoms with E-state index >= 15 is 0 Å². The largest absolute Gasteiger partial charge is 0.493 e. The molecule has 4 rings (SSSR count). The lowest BCUT2D eigenvalue weighted by molar-refractivity contribution is 0.0491. The summed E-state index contributed by atoms with van der Waals surface area (Å²) >= 11 is 0. The smallest absolute Gasteiger partial charge is 0.416 e. The number of carbonyl (C=O) groups is 2. The molecule has 2 amide bonds. The van der Waals surface area contributed by atoms with E-state index in [9.17, 15) is 14.7 Å². The van der Waals surface area contributed by atoms with E-state index in [-0.39, 0.29) is 29.0 Å². The fraction of sp³-hybridized carbons (Fsp3) is 0.581. The number of unbranched alkanes of at least 4 members (excludes halogenated alkanes) is 2. The Hall–Kier alpha value is -2.63. The quantitative estimate of drug-likeness (QED) is 0.204. The van der Waals surface area contributed by atoms with Crippen LogP contribution in [0.4, 0.5) is 10.5 Å². The first-order valence-corrected chi connectivity index (χ1v) is 16.8. The second kappa shape index (κ2) is 14.7. The number of anilines is 1. The molecule has 2 aliphatic heterocycles. The molecule has 42 heavy (non-hydrogen) atoms. The van der Waals surface area contributed by atoms with E-state index in [2.05, 4.69) is 25.8 Å². The van der Waals surface area contributed by atoms with Crippen molar-refractivity contribution in [3.05, 3.63) is 42.1 Å². The van der Waals surface area contributed by atoms with E-state index in [4.69, 9.17) is 14.2 Å². The van der Waals surface area contributed by atoms with Gasteiger partial charge in [0.05, 0.1) is 31.0 Å². The topological polar surface area (TPSA) is 101 Å². The number of ether oxygens (including phenoxy) is 3. The molecule has 1 saturated heterocycles. The Morgan fingerprint density at radius 2 is 2.00 bits per heavy atom. The molecule has 9 nitrogen and oxygen atoms in total. The predicted molar refractivity (Wildman–Crippen MR) is 167 cm³/mol. The minimum absolute atomic E-state index is 0.0396. The van der Waals surface area contributed by atoms with E-state index in [1.807, 2.05) is 25.1 Å². The molecule has 2 aromatic rings. The minimum atomic E-state index is -1.25. The molecule has 0 radical (unpaired) electrons. The van der Waals surface area contributed by atoms with Crippen LogP contribution >= 0.6 is 21.6 Å². The Morgan fingerprint density at radius 1 is 1.19 bits per heavy atom. The summed E-state index contributed by atoms with van der Waals surface area (Å²) in [6.07, 6.45) is 5.26. The van der Waals surface area contributed by atoms with Crippen molar-refractivity contribution in [3.63, 3.8) is 0 Å². The van der Waals surface area contributed by atoms with Crippen molar-refractivity contribution in [2.24, 2.45) is 5.41 Å². The summed E-state index contributed by atoms with van der Waals surface area (Å²) in [4.78, 5) is 34.4. The summed E-state index contributed by atoms with van der Waals surface area (Å²) in [6, 6.07) is 8.42. The standard InChI is InChI=1S/C31H43N3O6S2/c1-21(41-42-27-13-7-9-15-32-27)20-40-30(37)34-24-19-26(39-17-10-6-8-14-31(2,3)4)25(38-5)18-22(24)28(35)33-16-11-12-23(33)29(34)36/h7,9,13,15,18-19,21,23,29,36H,6,8,10-12,14,16-17,20H2,1-5H3/t21?,23-,29?/m0/s1. The molecule has 3 atom stereocenters. The Bertz CT molecular complexity index is 1210. The number of aliphatic hydroxyl groups excluding tert-OH is 1. The summed E-state index contributed by atoms with van der Waals surface area (Å²) in [6.45, 7) is 9.78. The maximum absolute atomic E-state index is 13.6. The van der Waals surface area contributed by atoms with Crippen molar-refractivity contribution >= 4 is 39.3 Å². The van der Waals surface area contributed by atoms with Gasteiger partial charge >= 0.3 is 6.09 Å². The Labute approximate surface area is 257 Å². The first-order chi connectivity index (χ1) is 20.1. The third-order valence-electron chi connectivity index (χ3n) is 7.34. The van der Waals surface area contributed by atoms with E-state index in [1.165, 1.54) is 22.8 Å². The zero-order chi connectivity index (χ0) is 30.3. The number of fused-ring (bicyclic) bond motifs is 2. The van der Waals surface area contributed by atoms with Crippen LogP contribution < -0.4 is 14.4 Å². The number of benzene rings is 1. The molecule has 0 aliphatic carbocycles. The highest BCUT2D eigenvalue weighted by Gasteiger charge is 2.45. The second-order valence-corrected chi connectivity index (χ2v) is 14.6. The van der Waals surface area contributed by atoms with Gasteiger partial charge in [0.1, 0.15) is 11.6 Å². The third kappa shape index (κ3) is 8.26. The molecule has 1 fully saturated rings. The van der Waals surface area contributed by atoms with Crippen LogP contribution in [0.5, 0.6) is 11.5 Å². The van der Waals surface area contributed by atoms with Crippen molar-refractivity contribution in [2.45, 2.75) is 88.8 Å². The van der Waals surface area contributed by atoms with Gasteiger partial charge in [0.15, 0.2) is 17.7 Å². The predicted octanol–water partition coefficient (Wildman–Crippen LogP) is 6.78. The minimum Gasteiger partial charge on any atom is -0.493 e. The van der Waals surface area contributed by atoms with Crippen molar-refractivity contribution in [1.29, 1.82) is 0 Å². The maximum Gasteiger partial charge on any atom is 0.416 e. The molecule has 0 bridgehead atoms. The first-order valence-electron chi connectivity index (χ1n) is 14.6. The maximum atomic E-state index is 13.6. The van der Waals surface area contributed by atoms with Gasteiger partial charge in [-0.2, -0.15) is 0 Å². The number of carbonyl (C=O) groups excluding carboxylic acids is 2. The molecule has 1 aromatic heterocycles. The fourth-order valence-corrected chi connectivity index (χ4v) is 7.03. The van der Waals surface area contributed by atoms with Gasteiger partial charge in [0.2, 0.25) is 0 Å². The zero-order valence-electron chi connectivity index (χ0n) is 25.2. The van der Waals surface area contributed by atoms with E-state index in [0.29, 0.717) is 36.5 Å². The lowest BCUT2D eigenvalue weighted by Gasteiger charge is -2.32. The van der Waals surface area contributed by atoms with Crippen molar-refractivity contribution < 1.29 is 28.9 Å².